The van der Waals surface area contributed by atoms with E-state index in [-0.39, 0.29) is 17.4 Å². The van der Waals surface area contributed by atoms with E-state index in [1.54, 1.807) is 12.1 Å². The number of halogens is 1. The van der Waals surface area contributed by atoms with Gasteiger partial charge in [-0.3, -0.25) is 4.79 Å². The smallest absolute Gasteiger partial charge is 0.268 e. The Bertz CT molecular complexity index is 903. The lowest BCUT2D eigenvalue weighted by Crippen LogP contribution is -2.34. The summed E-state index contributed by atoms with van der Waals surface area (Å²) in [5.74, 6) is -0.731. The van der Waals surface area contributed by atoms with Crippen molar-refractivity contribution < 1.29 is 14.3 Å². The highest BCUT2D eigenvalue weighted by molar-refractivity contribution is 5.98. The molecule has 1 heterocycles. The topological polar surface area (TPSA) is 65.1 Å². The SMILES string of the molecule is O=C(NC1c2ccccc2CC1O)c1cc2c(F)cccc2[nH]1. The maximum atomic E-state index is 13.7. The fraction of sp³-hybridized carbons (Fsp3) is 0.167. The van der Waals surface area contributed by atoms with E-state index in [1.807, 2.05) is 24.3 Å². The molecular formula is C18H15FN2O2. The van der Waals surface area contributed by atoms with Crippen molar-refractivity contribution in [3.63, 3.8) is 0 Å². The van der Waals surface area contributed by atoms with Crippen molar-refractivity contribution in [1.82, 2.24) is 10.3 Å². The fourth-order valence-electron chi connectivity index (χ4n) is 3.21. The first-order valence-electron chi connectivity index (χ1n) is 7.47. The van der Waals surface area contributed by atoms with Gasteiger partial charge in [0.15, 0.2) is 0 Å². The number of aromatic amines is 1. The van der Waals surface area contributed by atoms with Gasteiger partial charge in [0.05, 0.1) is 12.1 Å². The van der Waals surface area contributed by atoms with Crippen molar-refractivity contribution in [2.45, 2.75) is 18.6 Å². The van der Waals surface area contributed by atoms with E-state index in [0.29, 0.717) is 17.3 Å². The molecule has 1 amide bonds. The quantitative estimate of drug-likeness (QED) is 0.681. The predicted octanol–water partition coefficient (Wildman–Crippen LogP) is 2.70. The van der Waals surface area contributed by atoms with E-state index in [2.05, 4.69) is 10.3 Å². The van der Waals surface area contributed by atoms with Crippen LogP contribution in [0.15, 0.2) is 48.5 Å². The van der Waals surface area contributed by atoms with Crippen LogP contribution >= 0.6 is 0 Å². The zero-order valence-corrected chi connectivity index (χ0v) is 12.2. The lowest BCUT2D eigenvalue weighted by molar-refractivity contribution is 0.0854. The summed E-state index contributed by atoms with van der Waals surface area (Å²) in [5, 5.41) is 13.4. The van der Waals surface area contributed by atoms with Crippen LogP contribution in [0.25, 0.3) is 10.9 Å². The van der Waals surface area contributed by atoms with E-state index in [9.17, 15) is 14.3 Å². The first-order chi connectivity index (χ1) is 11.1. The van der Waals surface area contributed by atoms with E-state index in [0.717, 1.165) is 11.1 Å². The number of aliphatic hydroxyl groups is 1. The number of benzene rings is 2. The second-order valence-electron chi connectivity index (χ2n) is 5.81. The number of aromatic nitrogens is 1. The van der Waals surface area contributed by atoms with Gasteiger partial charge < -0.3 is 15.4 Å². The Balaban J connectivity index is 1.63. The molecule has 1 aliphatic carbocycles. The van der Waals surface area contributed by atoms with Gasteiger partial charge in [-0.05, 0) is 29.3 Å². The summed E-state index contributed by atoms with van der Waals surface area (Å²) in [6.45, 7) is 0. The lowest BCUT2D eigenvalue weighted by atomic mass is 10.1. The van der Waals surface area contributed by atoms with Crippen LogP contribution in [0.5, 0.6) is 0 Å². The van der Waals surface area contributed by atoms with Crippen molar-refractivity contribution in [3.05, 3.63) is 71.2 Å². The molecule has 1 aromatic heterocycles. The van der Waals surface area contributed by atoms with E-state index in [4.69, 9.17) is 0 Å². The number of carbonyl (C=O) groups excluding carboxylic acids is 1. The number of carbonyl (C=O) groups is 1. The number of aliphatic hydroxyl groups excluding tert-OH is 1. The van der Waals surface area contributed by atoms with Gasteiger partial charge in [-0.25, -0.2) is 4.39 Å². The summed E-state index contributed by atoms with van der Waals surface area (Å²) in [6, 6.07) is 13.4. The molecule has 0 spiro atoms. The van der Waals surface area contributed by atoms with Gasteiger partial charge in [0.25, 0.3) is 5.91 Å². The molecule has 1 aliphatic rings. The molecule has 116 valence electrons. The van der Waals surface area contributed by atoms with Gasteiger partial charge in [-0.15, -0.1) is 0 Å². The van der Waals surface area contributed by atoms with Crippen LogP contribution in [0.4, 0.5) is 4.39 Å². The molecule has 5 heteroatoms. The summed E-state index contributed by atoms with van der Waals surface area (Å²) in [5.41, 5.74) is 2.81. The highest BCUT2D eigenvalue weighted by Gasteiger charge is 2.32. The Morgan fingerprint density at radius 1 is 1.22 bits per heavy atom. The van der Waals surface area contributed by atoms with Gasteiger partial charge in [-0.1, -0.05) is 30.3 Å². The Morgan fingerprint density at radius 2 is 2.04 bits per heavy atom. The summed E-state index contributed by atoms with van der Waals surface area (Å²) in [6.07, 6.45) is -0.139. The first kappa shape index (κ1) is 14.0. The van der Waals surface area contributed by atoms with Crippen LogP contribution in [0.1, 0.15) is 27.7 Å². The lowest BCUT2D eigenvalue weighted by Gasteiger charge is -2.17. The average Bonchev–Trinajstić information content (AvgIpc) is 3.10. The van der Waals surface area contributed by atoms with E-state index in [1.165, 1.54) is 12.1 Å². The van der Waals surface area contributed by atoms with E-state index < -0.39 is 12.1 Å². The molecule has 3 aromatic rings. The van der Waals surface area contributed by atoms with Crippen LogP contribution in [-0.2, 0) is 6.42 Å². The monoisotopic (exact) mass is 310 g/mol. The molecule has 0 fully saturated rings. The molecule has 2 unspecified atom stereocenters. The van der Waals surface area contributed by atoms with Crippen LogP contribution in [0.2, 0.25) is 0 Å². The largest absolute Gasteiger partial charge is 0.390 e. The third-order valence-corrected chi connectivity index (χ3v) is 4.35. The minimum absolute atomic E-state index is 0.279. The molecule has 4 rings (SSSR count). The van der Waals surface area contributed by atoms with Crippen molar-refractivity contribution >= 4 is 16.8 Å². The number of rotatable bonds is 2. The molecule has 0 aliphatic heterocycles. The third kappa shape index (κ3) is 2.29. The van der Waals surface area contributed by atoms with Gasteiger partial charge in [0.1, 0.15) is 11.5 Å². The van der Waals surface area contributed by atoms with Crippen molar-refractivity contribution in [2.75, 3.05) is 0 Å². The molecule has 0 saturated carbocycles. The molecule has 0 bridgehead atoms. The maximum absolute atomic E-state index is 13.7. The number of fused-ring (bicyclic) bond motifs is 2. The number of H-pyrrole nitrogens is 1. The predicted molar refractivity (Wildman–Crippen MR) is 84.6 cm³/mol. The zero-order chi connectivity index (χ0) is 16.0. The summed E-state index contributed by atoms with van der Waals surface area (Å²) in [7, 11) is 0. The summed E-state index contributed by atoms with van der Waals surface area (Å²) in [4.78, 5) is 15.4. The highest BCUT2D eigenvalue weighted by atomic mass is 19.1. The number of amides is 1. The Kier molecular flexibility index (Phi) is 3.16. The van der Waals surface area contributed by atoms with Gasteiger partial charge in [0, 0.05) is 17.3 Å². The normalized spacial score (nSPS) is 19.7. The fourth-order valence-corrected chi connectivity index (χ4v) is 3.21. The maximum Gasteiger partial charge on any atom is 0.268 e. The van der Waals surface area contributed by atoms with E-state index >= 15 is 0 Å². The third-order valence-electron chi connectivity index (χ3n) is 4.35. The average molecular weight is 310 g/mol. The highest BCUT2D eigenvalue weighted by Crippen LogP contribution is 2.31. The minimum Gasteiger partial charge on any atom is -0.390 e. The van der Waals surface area contributed by atoms with Gasteiger partial charge in [0.2, 0.25) is 0 Å². The minimum atomic E-state index is -0.655. The Labute approximate surface area is 132 Å². The van der Waals surface area contributed by atoms with Crippen LogP contribution in [-0.4, -0.2) is 22.1 Å². The van der Waals surface area contributed by atoms with Crippen LogP contribution < -0.4 is 5.32 Å². The number of hydrogen-bond donors (Lipinski definition) is 3. The number of nitrogens with one attached hydrogen (secondary N) is 2. The summed E-state index contributed by atoms with van der Waals surface area (Å²) < 4.78 is 13.7. The number of hydrogen-bond acceptors (Lipinski definition) is 2. The van der Waals surface area contributed by atoms with Crippen LogP contribution in [0.3, 0.4) is 0 Å². The molecule has 2 aromatic carbocycles. The second-order valence-corrected chi connectivity index (χ2v) is 5.81. The molecule has 0 saturated heterocycles. The summed E-state index contributed by atoms with van der Waals surface area (Å²) >= 11 is 0. The van der Waals surface area contributed by atoms with Crippen LogP contribution in [0, 0.1) is 5.82 Å². The first-order valence-corrected chi connectivity index (χ1v) is 7.47. The second kappa shape index (κ2) is 5.21. The van der Waals surface area contributed by atoms with Crippen molar-refractivity contribution in [2.24, 2.45) is 0 Å². The Morgan fingerprint density at radius 3 is 2.87 bits per heavy atom. The van der Waals surface area contributed by atoms with Crippen molar-refractivity contribution in [3.8, 4) is 0 Å². The molecule has 23 heavy (non-hydrogen) atoms. The zero-order valence-electron chi connectivity index (χ0n) is 12.2. The standard InChI is InChI=1S/C18H15FN2O2/c19-13-6-3-7-14-12(13)9-15(20-14)18(23)21-17-11-5-2-1-4-10(11)8-16(17)22/h1-7,9,16-17,20,22H,8H2,(H,21,23). The molecule has 2 atom stereocenters. The Hall–Kier alpha value is -2.66. The van der Waals surface area contributed by atoms with Gasteiger partial charge >= 0.3 is 0 Å². The molecule has 3 N–H and O–H groups in total. The molecule has 0 radical (unpaired) electrons. The molecular weight excluding hydrogens is 295 g/mol. The molecule has 4 nitrogen and oxygen atoms in total. The van der Waals surface area contributed by atoms with Crippen molar-refractivity contribution in [1.29, 1.82) is 0 Å². The van der Waals surface area contributed by atoms with Gasteiger partial charge in [-0.2, -0.15) is 0 Å².